The van der Waals surface area contributed by atoms with Crippen molar-refractivity contribution >= 4 is 11.6 Å². The van der Waals surface area contributed by atoms with Crippen LogP contribution in [0.4, 0.5) is 10.1 Å². The molecule has 1 heterocycles. The van der Waals surface area contributed by atoms with Gasteiger partial charge in [0.25, 0.3) is 5.91 Å². The Bertz CT molecular complexity index is 890. The number of anilines is 1. The SMILES string of the molecule is CCOc1ccccc1-n1nnc(C(=O)Nc2ccc(F)cc2)c1C. The van der Waals surface area contributed by atoms with Crippen molar-refractivity contribution in [3.05, 3.63) is 65.7 Å². The summed E-state index contributed by atoms with van der Waals surface area (Å²) in [4.78, 5) is 12.4. The Hall–Kier alpha value is -3.22. The van der Waals surface area contributed by atoms with Crippen LogP contribution in [0.5, 0.6) is 5.75 Å². The molecule has 0 aliphatic carbocycles. The number of amides is 1. The fraction of sp³-hybridized carbons (Fsp3) is 0.167. The number of para-hydroxylation sites is 2. The maximum absolute atomic E-state index is 13.0. The molecular formula is C18H17FN4O2. The van der Waals surface area contributed by atoms with E-state index < -0.39 is 5.91 Å². The number of carbonyl (C=O) groups is 1. The molecule has 3 aromatic rings. The van der Waals surface area contributed by atoms with Crippen molar-refractivity contribution in [3.8, 4) is 11.4 Å². The van der Waals surface area contributed by atoms with Crippen molar-refractivity contribution < 1.29 is 13.9 Å². The number of hydrogen-bond acceptors (Lipinski definition) is 4. The molecule has 0 saturated heterocycles. The third-order valence-electron chi connectivity index (χ3n) is 3.61. The molecule has 128 valence electrons. The zero-order valence-corrected chi connectivity index (χ0v) is 13.9. The molecule has 2 aromatic carbocycles. The van der Waals surface area contributed by atoms with Gasteiger partial charge in [0.2, 0.25) is 0 Å². The predicted molar refractivity (Wildman–Crippen MR) is 91.6 cm³/mol. The van der Waals surface area contributed by atoms with Crippen LogP contribution in [0.2, 0.25) is 0 Å². The van der Waals surface area contributed by atoms with Crippen molar-refractivity contribution in [1.82, 2.24) is 15.0 Å². The van der Waals surface area contributed by atoms with Crippen molar-refractivity contribution in [1.29, 1.82) is 0 Å². The predicted octanol–water partition coefficient (Wildman–Crippen LogP) is 3.37. The number of ether oxygens (including phenoxy) is 1. The molecule has 6 nitrogen and oxygen atoms in total. The molecule has 0 radical (unpaired) electrons. The molecule has 0 atom stereocenters. The van der Waals surface area contributed by atoms with E-state index in [1.165, 1.54) is 24.3 Å². The van der Waals surface area contributed by atoms with E-state index in [4.69, 9.17) is 4.74 Å². The van der Waals surface area contributed by atoms with E-state index in [9.17, 15) is 9.18 Å². The van der Waals surface area contributed by atoms with Gasteiger partial charge in [-0.3, -0.25) is 4.79 Å². The van der Waals surface area contributed by atoms with Crippen LogP contribution in [0.3, 0.4) is 0 Å². The van der Waals surface area contributed by atoms with Gasteiger partial charge in [0, 0.05) is 5.69 Å². The van der Waals surface area contributed by atoms with Gasteiger partial charge in [-0.2, -0.15) is 0 Å². The van der Waals surface area contributed by atoms with Crippen LogP contribution < -0.4 is 10.1 Å². The highest BCUT2D eigenvalue weighted by Gasteiger charge is 2.19. The van der Waals surface area contributed by atoms with E-state index in [2.05, 4.69) is 15.6 Å². The summed E-state index contributed by atoms with van der Waals surface area (Å²) in [7, 11) is 0. The molecule has 0 saturated carbocycles. The summed E-state index contributed by atoms with van der Waals surface area (Å²) in [5, 5.41) is 10.7. The van der Waals surface area contributed by atoms with Gasteiger partial charge in [-0.1, -0.05) is 17.3 Å². The van der Waals surface area contributed by atoms with E-state index in [1.54, 1.807) is 11.6 Å². The lowest BCUT2D eigenvalue weighted by atomic mass is 10.2. The first kappa shape index (κ1) is 16.6. The lowest BCUT2D eigenvalue weighted by Crippen LogP contribution is -2.14. The zero-order chi connectivity index (χ0) is 17.8. The number of halogens is 1. The third-order valence-corrected chi connectivity index (χ3v) is 3.61. The van der Waals surface area contributed by atoms with Gasteiger partial charge in [0.05, 0.1) is 12.3 Å². The van der Waals surface area contributed by atoms with Crippen molar-refractivity contribution in [2.24, 2.45) is 0 Å². The maximum Gasteiger partial charge on any atom is 0.278 e. The highest BCUT2D eigenvalue weighted by molar-refractivity contribution is 6.03. The number of aromatic nitrogens is 3. The van der Waals surface area contributed by atoms with Crippen LogP contribution in [-0.2, 0) is 0 Å². The highest BCUT2D eigenvalue weighted by Crippen LogP contribution is 2.24. The van der Waals surface area contributed by atoms with Gasteiger partial charge in [-0.05, 0) is 50.2 Å². The minimum absolute atomic E-state index is 0.190. The molecule has 1 N–H and O–H groups in total. The second-order valence-corrected chi connectivity index (χ2v) is 5.30. The molecule has 1 amide bonds. The zero-order valence-electron chi connectivity index (χ0n) is 13.9. The van der Waals surface area contributed by atoms with Crippen molar-refractivity contribution in [3.63, 3.8) is 0 Å². The first-order valence-corrected chi connectivity index (χ1v) is 7.81. The Kier molecular flexibility index (Phi) is 4.74. The van der Waals surface area contributed by atoms with Gasteiger partial charge in [-0.25, -0.2) is 9.07 Å². The largest absolute Gasteiger partial charge is 0.492 e. The summed E-state index contributed by atoms with van der Waals surface area (Å²) in [5.74, 6) is -0.125. The van der Waals surface area contributed by atoms with Crippen molar-refractivity contribution in [2.75, 3.05) is 11.9 Å². The smallest absolute Gasteiger partial charge is 0.278 e. The number of nitrogens with zero attached hydrogens (tertiary/aromatic N) is 3. The van der Waals surface area contributed by atoms with Gasteiger partial charge >= 0.3 is 0 Å². The Labute approximate surface area is 144 Å². The Morgan fingerprint density at radius 3 is 2.64 bits per heavy atom. The second-order valence-electron chi connectivity index (χ2n) is 5.30. The Morgan fingerprint density at radius 2 is 1.92 bits per heavy atom. The van der Waals surface area contributed by atoms with Gasteiger partial charge in [0.1, 0.15) is 17.3 Å². The monoisotopic (exact) mass is 340 g/mol. The van der Waals surface area contributed by atoms with E-state index in [-0.39, 0.29) is 11.5 Å². The summed E-state index contributed by atoms with van der Waals surface area (Å²) in [6.07, 6.45) is 0. The second kappa shape index (κ2) is 7.12. The van der Waals surface area contributed by atoms with Gasteiger partial charge in [0.15, 0.2) is 5.69 Å². The molecule has 0 unspecified atom stereocenters. The minimum Gasteiger partial charge on any atom is -0.492 e. The van der Waals surface area contributed by atoms with Crippen molar-refractivity contribution in [2.45, 2.75) is 13.8 Å². The minimum atomic E-state index is -0.413. The van der Waals surface area contributed by atoms with Gasteiger partial charge < -0.3 is 10.1 Å². The van der Waals surface area contributed by atoms with E-state index >= 15 is 0 Å². The van der Waals surface area contributed by atoms with Crippen LogP contribution in [0.25, 0.3) is 5.69 Å². The topological polar surface area (TPSA) is 69.0 Å². The maximum atomic E-state index is 13.0. The lowest BCUT2D eigenvalue weighted by Gasteiger charge is -2.10. The molecule has 0 fully saturated rings. The molecule has 0 bridgehead atoms. The first-order chi connectivity index (χ1) is 12.1. The quantitative estimate of drug-likeness (QED) is 0.773. The van der Waals surface area contributed by atoms with E-state index in [0.717, 1.165) is 0 Å². The lowest BCUT2D eigenvalue weighted by molar-refractivity contribution is 0.102. The molecule has 1 aromatic heterocycles. The molecule has 0 aliphatic rings. The van der Waals surface area contributed by atoms with Crippen LogP contribution in [-0.4, -0.2) is 27.5 Å². The Balaban J connectivity index is 1.88. The van der Waals surface area contributed by atoms with E-state index in [0.29, 0.717) is 29.4 Å². The van der Waals surface area contributed by atoms with Crippen LogP contribution in [0, 0.1) is 12.7 Å². The number of benzene rings is 2. The van der Waals surface area contributed by atoms with Crippen LogP contribution in [0.1, 0.15) is 23.1 Å². The summed E-state index contributed by atoms with van der Waals surface area (Å²) in [5.41, 5.74) is 1.95. The normalized spacial score (nSPS) is 10.5. The summed E-state index contributed by atoms with van der Waals surface area (Å²) in [6.45, 7) is 4.16. The van der Waals surface area contributed by atoms with Crippen LogP contribution >= 0.6 is 0 Å². The fourth-order valence-electron chi connectivity index (χ4n) is 2.40. The summed E-state index contributed by atoms with van der Waals surface area (Å²) >= 11 is 0. The molecule has 0 spiro atoms. The number of carbonyl (C=O) groups excluding carboxylic acids is 1. The molecular weight excluding hydrogens is 323 g/mol. The first-order valence-electron chi connectivity index (χ1n) is 7.81. The number of nitrogens with one attached hydrogen (secondary N) is 1. The molecule has 25 heavy (non-hydrogen) atoms. The average molecular weight is 340 g/mol. The number of hydrogen-bond donors (Lipinski definition) is 1. The standard InChI is InChI=1S/C18H17FN4O2/c1-3-25-16-7-5-4-6-15(16)23-12(2)17(21-22-23)18(24)20-14-10-8-13(19)9-11-14/h4-11H,3H2,1-2H3,(H,20,24). The van der Waals surface area contributed by atoms with Gasteiger partial charge in [-0.15, -0.1) is 5.10 Å². The highest BCUT2D eigenvalue weighted by atomic mass is 19.1. The number of rotatable bonds is 5. The summed E-state index contributed by atoms with van der Waals surface area (Å²) in [6, 6.07) is 12.9. The van der Waals surface area contributed by atoms with Crippen LogP contribution in [0.15, 0.2) is 48.5 Å². The summed E-state index contributed by atoms with van der Waals surface area (Å²) < 4.78 is 20.1. The van der Waals surface area contributed by atoms with E-state index in [1.807, 2.05) is 31.2 Å². The average Bonchev–Trinajstić information content (AvgIpc) is 2.99. The molecule has 3 rings (SSSR count). The fourth-order valence-corrected chi connectivity index (χ4v) is 2.40. The molecule has 0 aliphatic heterocycles. The molecule has 7 heteroatoms. The Morgan fingerprint density at radius 1 is 1.20 bits per heavy atom. The third kappa shape index (κ3) is 3.50.